The van der Waals surface area contributed by atoms with E-state index in [1.165, 1.54) is 24.3 Å². The lowest BCUT2D eigenvalue weighted by Crippen LogP contribution is -2.30. The molecule has 0 saturated carbocycles. The first-order valence-corrected chi connectivity index (χ1v) is 7.70. The van der Waals surface area contributed by atoms with Crippen LogP contribution in [0.15, 0.2) is 42.5 Å². The van der Waals surface area contributed by atoms with Crippen LogP contribution >= 0.6 is 0 Å². The van der Waals surface area contributed by atoms with Gasteiger partial charge in [-0.3, -0.25) is 10.1 Å². The number of aliphatic hydroxyl groups excluding tert-OH is 1. The molecule has 0 unspecified atom stereocenters. The minimum absolute atomic E-state index is 0.0699. The molecule has 7 nitrogen and oxygen atoms in total. The summed E-state index contributed by atoms with van der Waals surface area (Å²) in [6.07, 6.45) is -0.106. The molecule has 0 spiro atoms. The van der Waals surface area contributed by atoms with Crippen molar-refractivity contribution in [2.24, 2.45) is 5.41 Å². The van der Waals surface area contributed by atoms with Gasteiger partial charge in [-0.25, -0.2) is 0 Å². The molecule has 1 aliphatic heterocycles. The topological polar surface area (TPSA) is 98.9 Å². The predicted octanol–water partition coefficient (Wildman–Crippen LogP) is 2.80. The normalized spacial score (nSPS) is 16.1. The molecule has 0 saturated heterocycles. The molecular formula is C18H17NO6. The number of fused-ring (bicyclic) bond motifs is 1. The van der Waals surface area contributed by atoms with Gasteiger partial charge in [-0.05, 0) is 48.7 Å². The summed E-state index contributed by atoms with van der Waals surface area (Å²) >= 11 is 0. The van der Waals surface area contributed by atoms with Crippen LogP contribution in [0.25, 0.3) is 0 Å². The molecule has 2 aromatic carbocycles. The Morgan fingerprint density at radius 3 is 2.56 bits per heavy atom. The van der Waals surface area contributed by atoms with E-state index in [0.717, 1.165) is 5.56 Å². The number of ether oxygens (including phenoxy) is 2. The maximum Gasteiger partial charge on any atom is 0.269 e. The van der Waals surface area contributed by atoms with Crippen LogP contribution in [0.4, 0.5) is 5.69 Å². The summed E-state index contributed by atoms with van der Waals surface area (Å²) in [5, 5.41) is 21.4. The third-order valence-electron chi connectivity index (χ3n) is 4.34. The number of nitro groups is 1. The van der Waals surface area contributed by atoms with E-state index in [4.69, 9.17) is 9.47 Å². The van der Waals surface area contributed by atoms with Gasteiger partial charge in [-0.15, -0.1) is 0 Å². The predicted molar refractivity (Wildman–Crippen MR) is 88.5 cm³/mol. The summed E-state index contributed by atoms with van der Waals surface area (Å²) < 4.78 is 10.6. The highest BCUT2D eigenvalue weighted by Crippen LogP contribution is 2.38. The van der Waals surface area contributed by atoms with E-state index in [1.807, 2.05) is 6.07 Å². The number of nitro benzene ring substituents is 1. The lowest BCUT2D eigenvalue weighted by atomic mass is 9.77. The van der Waals surface area contributed by atoms with Crippen molar-refractivity contribution in [3.05, 3.63) is 63.7 Å². The zero-order chi connectivity index (χ0) is 18.0. The Labute approximate surface area is 144 Å². The van der Waals surface area contributed by atoms with E-state index in [9.17, 15) is 20.0 Å². The van der Waals surface area contributed by atoms with Crippen molar-refractivity contribution in [3.63, 3.8) is 0 Å². The second kappa shape index (κ2) is 6.52. The number of carbonyl (C=O) groups is 1. The zero-order valence-corrected chi connectivity index (χ0v) is 13.5. The number of aldehydes is 1. The Bertz CT molecular complexity index is 804. The molecule has 0 aromatic heterocycles. The van der Waals surface area contributed by atoms with E-state index >= 15 is 0 Å². The van der Waals surface area contributed by atoms with Gasteiger partial charge in [0.05, 0.1) is 16.4 Å². The summed E-state index contributed by atoms with van der Waals surface area (Å²) in [6, 6.07) is 10.9. The summed E-state index contributed by atoms with van der Waals surface area (Å²) in [5.74, 6) is 1.25. The van der Waals surface area contributed by atoms with Crippen molar-refractivity contribution in [1.29, 1.82) is 0 Å². The lowest BCUT2D eigenvalue weighted by molar-refractivity contribution is -0.384. The molecule has 0 aliphatic carbocycles. The van der Waals surface area contributed by atoms with Gasteiger partial charge in [0.1, 0.15) is 6.29 Å². The van der Waals surface area contributed by atoms with Crippen molar-refractivity contribution in [2.75, 3.05) is 6.79 Å². The fourth-order valence-electron chi connectivity index (χ4n) is 2.85. The highest BCUT2D eigenvalue weighted by molar-refractivity contribution is 5.62. The van der Waals surface area contributed by atoms with E-state index in [1.54, 1.807) is 19.1 Å². The van der Waals surface area contributed by atoms with Crippen LogP contribution in [0, 0.1) is 15.5 Å². The van der Waals surface area contributed by atoms with Gasteiger partial charge >= 0.3 is 0 Å². The molecule has 1 N–H and O–H groups in total. The van der Waals surface area contributed by atoms with E-state index in [2.05, 4.69) is 0 Å². The van der Waals surface area contributed by atoms with Crippen molar-refractivity contribution >= 4 is 12.0 Å². The molecular weight excluding hydrogens is 326 g/mol. The lowest BCUT2D eigenvalue weighted by Gasteiger charge is -2.29. The Balaban J connectivity index is 1.83. The van der Waals surface area contributed by atoms with Gasteiger partial charge in [0.2, 0.25) is 6.79 Å². The average Bonchev–Trinajstić information content (AvgIpc) is 3.08. The van der Waals surface area contributed by atoms with Crippen LogP contribution in [0.3, 0.4) is 0 Å². The zero-order valence-electron chi connectivity index (χ0n) is 13.5. The molecule has 0 fully saturated rings. The fraction of sp³-hybridized carbons (Fsp3) is 0.278. The third kappa shape index (κ3) is 3.32. The second-order valence-corrected chi connectivity index (χ2v) is 6.24. The molecule has 1 aliphatic rings. The molecule has 2 atom stereocenters. The standard InChI is InChI=1S/C18H17NO6/c1-18(10-20,9-12-2-7-15-16(8-12)25-11-24-15)17(21)13-3-5-14(6-4-13)19(22)23/h2-8,10,17,21H,9,11H2,1H3/t17-,18+/m0/s1. The highest BCUT2D eigenvalue weighted by Gasteiger charge is 2.35. The third-order valence-corrected chi connectivity index (χ3v) is 4.34. The van der Waals surface area contributed by atoms with E-state index < -0.39 is 16.4 Å². The molecule has 1 heterocycles. The first-order valence-electron chi connectivity index (χ1n) is 7.70. The number of rotatable bonds is 6. The van der Waals surface area contributed by atoms with Crippen LogP contribution in [-0.2, 0) is 11.2 Å². The maximum atomic E-state index is 11.7. The molecule has 130 valence electrons. The summed E-state index contributed by atoms with van der Waals surface area (Å²) in [6.45, 7) is 1.81. The Hall–Kier alpha value is -2.93. The van der Waals surface area contributed by atoms with Crippen LogP contribution in [0.5, 0.6) is 11.5 Å². The number of benzene rings is 2. The van der Waals surface area contributed by atoms with Gasteiger partial charge in [0.15, 0.2) is 11.5 Å². The molecule has 2 aromatic rings. The maximum absolute atomic E-state index is 11.7. The number of aliphatic hydroxyl groups is 1. The molecule has 0 amide bonds. The quantitative estimate of drug-likeness (QED) is 0.492. The number of nitrogens with zero attached hydrogens (tertiary/aromatic N) is 1. The van der Waals surface area contributed by atoms with Crippen LogP contribution in [0.2, 0.25) is 0 Å². The van der Waals surface area contributed by atoms with Gasteiger partial charge in [-0.1, -0.05) is 6.07 Å². The Morgan fingerprint density at radius 1 is 1.24 bits per heavy atom. The fourth-order valence-corrected chi connectivity index (χ4v) is 2.85. The van der Waals surface area contributed by atoms with Crippen LogP contribution < -0.4 is 9.47 Å². The number of hydrogen-bond donors (Lipinski definition) is 1. The molecule has 0 radical (unpaired) electrons. The molecule has 0 bridgehead atoms. The molecule has 3 rings (SSSR count). The first kappa shape index (κ1) is 16.9. The van der Waals surface area contributed by atoms with Crippen molar-refractivity contribution in [2.45, 2.75) is 19.4 Å². The Kier molecular flexibility index (Phi) is 4.41. The second-order valence-electron chi connectivity index (χ2n) is 6.24. The monoisotopic (exact) mass is 343 g/mol. The smallest absolute Gasteiger partial charge is 0.269 e. The molecule has 7 heteroatoms. The number of non-ortho nitro benzene ring substituents is 1. The number of hydrogen-bond acceptors (Lipinski definition) is 6. The van der Waals surface area contributed by atoms with Crippen LogP contribution in [-0.4, -0.2) is 23.1 Å². The van der Waals surface area contributed by atoms with Crippen molar-refractivity contribution in [1.82, 2.24) is 0 Å². The van der Waals surface area contributed by atoms with Crippen LogP contribution in [0.1, 0.15) is 24.2 Å². The minimum Gasteiger partial charge on any atom is -0.454 e. The Morgan fingerprint density at radius 2 is 1.92 bits per heavy atom. The minimum atomic E-state index is -1.10. The number of carbonyl (C=O) groups excluding carboxylic acids is 1. The van der Waals surface area contributed by atoms with Gasteiger partial charge in [0, 0.05) is 12.1 Å². The van der Waals surface area contributed by atoms with E-state index in [-0.39, 0.29) is 18.9 Å². The van der Waals surface area contributed by atoms with Crippen molar-refractivity contribution in [3.8, 4) is 11.5 Å². The molecule has 25 heavy (non-hydrogen) atoms. The van der Waals surface area contributed by atoms with Gasteiger partial charge < -0.3 is 19.4 Å². The SMILES string of the molecule is C[C@](C=O)(Cc1ccc2c(c1)OCO2)[C@@H](O)c1ccc([N+](=O)[O-])cc1. The van der Waals surface area contributed by atoms with Gasteiger partial charge in [-0.2, -0.15) is 0 Å². The van der Waals surface area contributed by atoms with Gasteiger partial charge in [0.25, 0.3) is 5.69 Å². The highest BCUT2D eigenvalue weighted by atomic mass is 16.7. The first-order chi connectivity index (χ1) is 11.9. The average molecular weight is 343 g/mol. The summed E-state index contributed by atoms with van der Waals surface area (Å²) in [7, 11) is 0. The largest absolute Gasteiger partial charge is 0.454 e. The summed E-state index contributed by atoms with van der Waals surface area (Å²) in [4.78, 5) is 22.0. The van der Waals surface area contributed by atoms with Crippen molar-refractivity contribution < 1.29 is 24.3 Å². The summed E-state index contributed by atoms with van der Waals surface area (Å²) in [5.41, 5.74) is 0.101. The van der Waals surface area contributed by atoms with E-state index in [0.29, 0.717) is 23.3 Å².